The predicted molar refractivity (Wildman–Crippen MR) is 58.3 cm³/mol. The maximum atomic E-state index is 10.6. The minimum atomic E-state index is -1.08. The van der Waals surface area contributed by atoms with Crippen molar-refractivity contribution in [1.29, 1.82) is 0 Å². The van der Waals surface area contributed by atoms with Crippen LogP contribution in [0.2, 0.25) is 0 Å². The third-order valence-corrected chi connectivity index (χ3v) is 2.69. The zero-order valence-corrected chi connectivity index (χ0v) is 9.16. The Bertz CT molecular complexity index is 542. The fraction of sp³-hybridized carbons (Fsp3) is 0.250. The Balaban J connectivity index is 2.54. The summed E-state index contributed by atoms with van der Waals surface area (Å²) in [5.41, 5.74) is 2.52. The zero-order chi connectivity index (χ0) is 11.7. The Hall–Kier alpha value is -1.97. The van der Waals surface area contributed by atoms with E-state index < -0.39 is 5.97 Å². The van der Waals surface area contributed by atoms with E-state index >= 15 is 0 Å². The van der Waals surface area contributed by atoms with Crippen LogP contribution < -0.4 is 9.84 Å². The molecule has 0 atom stereocenters. The molecule has 0 bridgehead atoms. The van der Waals surface area contributed by atoms with E-state index in [0.717, 1.165) is 22.2 Å². The lowest BCUT2D eigenvalue weighted by Gasteiger charge is -2.00. The van der Waals surface area contributed by atoms with E-state index in [4.69, 9.17) is 4.74 Å². The molecule has 0 radical (unpaired) electrons. The molecule has 4 nitrogen and oxygen atoms in total. The van der Waals surface area contributed by atoms with Crippen molar-refractivity contribution in [2.45, 2.75) is 13.3 Å². The summed E-state index contributed by atoms with van der Waals surface area (Å²) in [6.45, 7) is 1.89. The molecule has 2 aromatic rings. The second kappa shape index (κ2) is 3.89. The van der Waals surface area contributed by atoms with E-state index in [1.807, 2.05) is 25.1 Å². The minimum Gasteiger partial charge on any atom is -0.550 e. The van der Waals surface area contributed by atoms with Crippen molar-refractivity contribution in [2.24, 2.45) is 0 Å². The molecule has 0 saturated carbocycles. The number of rotatable bonds is 3. The van der Waals surface area contributed by atoms with E-state index in [1.54, 1.807) is 7.11 Å². The molecule has 1 aromatic heterocycles. The Morgan fingerprint density at radius 2 is 2.25 bits per heavy atom. The van der Waals surface area contributed by atoms with Gasteiger partial charge in [-0.15, -0.1) is 0 Å². The molecular weight excluding hydrogens is 206 g/mol. The quantitative estimate of drug-likeness (QED) is 0.827. The molecule has 0 aliphatic heterocycles. The monoisotopic (exact) mass is 218 g/mol. The Morgan fingerprint density at radius 3 is 2.88 bits per heavy atom. The second-order valence-corrected chi connectivity index (χ2v) is 3.69. The number of fused-ring (bicyclic) bond motifs is 1. The molecule has 1 aromatic carbocycles. The molecule has 4 heteroatoms. The van der Waals surface area contributed by atoms with Gasteiger partial charge >= 0.3 is 0 Å². The van der Waals surface area contributed by atoms with Gasteiger partial charge in [0.2, 0.25) is 0 Å². The number of aliphatic carboxylic acids is 1. The largest absolute Gasteiger partial charge is 0.550 e. The number of carboxylic acids is 1. The summed E-state index contributed by atoms with van der Waals surface area (Å²) >= 11 is 0. The van der Waals surface area contributed by atoms with Crippen LogP contribution in [-0.4, -0.2) is 18.1 Å². The highest BCUT2D eigenvalue weighted by Gasteiger charge is 2.08. The number of ether oxygens (including phenoxy) is 1. The maximum absolute atomic E-state index is 10.6. The third kappa shape index (κ3) is 1.74. The van der Waals surface area contributed by atoms with Crippen LogP contribution in [0.5, 0.6) is 5.75 Å². The Morgan fingerprint density at radius 1 is 1.50 bits per heavy atom. The van der Waals surface area contributed by atoms with Crippen molar-refractivity contribution in [3.05, 3.63) is 29.5 Å². The first kappa shape index (κ1) is 10.5. The van der Waals surface area contributed by atoms with E-state index in [9.17, 15) is 9.90 Å². The summed E-state index contributed by atoms with van der Waals surface area (Å²) in [4.78, 5) is 13.6. The highest BCUT2D eigenvalue weighted by atomic mass is 16.5. The van der Waals surface area contributed by atoms with Gasteiger partial charge in [-0.2, -0.15) is 0 Å². The van der Waals surface area contributed by atoms with Gasteiger partial charge in [0.25, 0.3) is 0 Å². The van der Waals surface area contributed by atoms with E-state index in [1.165, 1.54) is 0 Å². The first-order valence-corrected chi connectivity index (χ1v) is 4.97. The van der Waals surface area contributed by atoms with Crippen molar-refractivity contribution >= 4 is 16.9 Å². The predicted octanol–water partition coefficient (Wildman–Crippen LogP) is 0.777. The first-order chi connectivity index (χ1) is 7.61. The number of carboxylic acid groups (broad SMARTS) is 1. The summed E-state index contributed by atoms with van der Waals surface area (Å²) in [7, 11) is 1.60. The second-order valence-electron chi connectivity index (χ2n) is 3.69. The van der Waals surface area contributed by atoms with E-state index in [2.05, 4.69) is 4.98 Å². The van der Waals surface area contributed by atoms with Gasteiger partial charge in [-0.25, -0.2) is 0 Å². The molecule has 0 aliphatic carbocycles. The van der Waals surface area contributed by atoms with Crippen LogP contribution in [0, 0.1) is 6.92 Å². The van der Waals surface area contributed by atoms with Crippen LogP contribution in [0.3, 0.4) is 0 Å². The fourth-order valence-electron chi connectivity index (χ4n) is 1.81. The molecule has 0 aliphatic rings. The third-order valence-electron chi connectivity index (χ3n) is 2.69. The maximum Gasteiger partial charge on any atom is 0.119 e. The summed E-state index contributed by atoms with van der Waals surface area (Å²) in [6.07, 6.45) is -0.0944. The molecule has 84 valence electrons. The van der Waals surface area contributed by atoms with Crippen LogP contribution in [0.25, 0.3) is 10.9 Å². The number of aromatic nitrogens is 1. The summed E-state index contributed by atoms with van der Waals surface area (Å²) < 4.78 is 5.13. The summed E-state index contributed by atoms with van der Waals surface area (Å²) in [5, 5.41) is 11.5. The fourth-order valence-corrected chi connectivity index (χ4v) is 1.81. The van der Waals surface area contributed by atoms with Gasteiger partial charge in [-0.1, -0.05) is 0 Å². The number of nitrogens with one attached hydrogen (secondary N) is 1. The highest BCUT2D eigenvalue weighted by Crippen LogP contribution is 2.25. The van der Waals surface area contributed by atoms with Crippen molar-refractivity contribution in [3.8, 4) is 5.75 Å². The first-order valence-electron chi connectivity index (χ1n) is 4.97. The average molecular weight is 218 g/mol. The molecule has 16 heavy (non-hydrogen) atoms. The van der Waals surface area contributed by atoms with Gasteiger partial charge in [0.15, 0.2) is 0 Å². The van der Waals surface area contributed by atoms with Crippen molar-refractivity contribution < 1.29 is 14.6 Å². The van der Waals surface area contributed by atoms with Gasteiger partial charge in [0.1, 0.15) is 5.75 Å². The number of aryl methyl sites for hydroxylation is 1. The number of hydrogen-bond acceptors (Lipinski definition) is 3. The van der Waals surface area contributed by atoms with Gasteiger partial charge < -0.3 is 19.6 Å². The van der Waals surface area contributed by atoms with Crippen molar-refractivity contribution in [1.82, 2.24) is 4.98 Å². The smallest absolute Gasteiger partial charge is 0.119 e. The number of aromatic amines is 1. The standard InChI is InChI=1S/C12H13NO3/c1-7-9-5-8(16-2)3-4-10(9)13-11(7)6-12(14)15/h3-5,13H,6H2,1-2H3,(H,14,15)/p-1. The lowest BCUT2D eigenvalue weighted by atomic mass is 10.1. The lowest BCUT2D eigenvalue weighted by molar-refractivity contribution is -0.304. The van der Waals surface area contributed by atoms with E-state index in [-0.39, 0.29) is 6.42 Å². The molecule has 0 fully saturated rings. The van der Waals surface area contributed by atoms with Crippen molar-refractivity contribution in [2.75, 3.05) is 7.11 Å². The lowest BCUT2D eigenvalue weighted by Crippen LogP contribution is -2.24. The van der Waals surface area contributed by atoms with Gasteiger partial charge in [-0.3, -0.25) is 0 Å². The molecule has 1 N–H and O–H groups in total. The molecule has 1 heterocycles. The van der Waals surface area contributed by atoms with Crippen LogP contribution >= 0.6 is 0 Å². The highest BCUT2D eigenvalue weighted by molar-refractivity contribution is 5.87. The number of benzene rings is 1. The molecule has 0 unspecified atom stereocenters. The van der Waals surface area contributed by atoms with Crippen molar-refractivity contribution in [3.63, 3.8) is 0 Å². The zero-order valence-electron chi connectivity index (χ0n) is 9.16. The van der Waals surface area contributed by atoms with Gasteiger partial charge in [0, 0.05) is 29.0 Å². The van der Waals surface area contributed by atoms with E-state index in [0.29, 0.717) is 5.69 Å². The molecule has 0 amide bonds. The molecular formula is C12H12NO3-. The van der Waals surface area contributed by atoms with Gasteiger partial charge in [0.05, 0.1) is 7.11 Å². The molecule has 2 rings (SSSR count). The number of methoxy groups -OCH3 is 1. The number of carbonyl (C=O) groups is 1. The normalized spacial score (nSPS) is 10.6. The number of H-pyrrole nitrogens is 1. The topological polar surface area (TPSA) is 65.2 Å². The summed E-state index contributed by atoms with van der Waals surface area (Å²) in [5.74, 6) is -0.323. The number of carbonyl (C=O) groups excluding carboxylic acids is 1. The minimum absolute atomic E-state index is 0.0944. The van der Waals surface area contributed by atoms with Crippen LogP contribution in [-0.2, 0) is 11.2 Å². The van der Waals surface area contributed by atoms with Crippen LogP contribution in [0.1, 0.15) is 11.3 Å². The molecule has 0 saturated heterocycles. The Kier molecular flexibility index (Phi) is 2.56. The summed E-state index contributed by atoms with van der Waals surface area (Å²) in [6, 6.07) is 5.60. The van der Waals surface area contributed by atoms with Crippen LogP contribution in [0.15, 0.2) is 18.2 Å². The van der Waals surface area contributed by atoms with Crippen LogP contribution in [0.4, 0.5) is 0 Å². The molecule has 0 spiro atoms. The number of hydrogen-bond donors (Lipinski definition) is 1. The Labute approximate surface area is 92.9 Å². The SMILES string of the molecule is COc1ccc2[nH]c(CC(=O)[O-])c(C)c2c1. The van der Waals surface area contributed by atoms with Gasteiger partial charge in [-0.05, 0) is 30.7 Å². The average Bonchev–Trinajstić information content (AvgIpc) is 2.55.